The highest BCUT2D eigenvalue weighted by molar-refractivity contribution is 5.74. The van der Waals surface area contributed by atoms with Crippen molar-refractivity contribution in [3.05, 3.63) is 0 Å². The van der Waals surface area contributed by atoms with Crippen LogP contribution in [0.25, 0.3) is 0 Å². The molecule has 6 heterocycles. The number of carboxylic acid groups (broad SMARTS) is 2. The first kappa shape index (κ1) is 68.7. The maximum Gasteiger partial charge on any atom is 0.309 e. The molecular formula is C64H118N16O4. The lowest BCUT2D eigenvalue weighted by atomic mass is 9.70. The van der Waals surface area contributed by atoms with Gasteiger partial charge in [-0.25, -0.2) is 0 Å². The van der Waals surface area contributed by atoms with Crippen molar-refractivity contribution in [2.75, 3.05) is 45.0 Å². The molecule has 12 N–H and O–H groups in total. The Kier molecular flexibility index (Phi) is 22.0. The van der Waals surface area contributed by atoms with Crippen LogP contribution >= 0.6 is 0 Å². The van der Waals surface area contributed by atoms with Crippen LogP contribution in [0.15, 0.2) is 0 Å². The van der Waals surface area contributed by atoms with Gasteiger partial charge in [0.05, 0.1) is 5.41 Å². The number of rotatable bonds is 29. The Hall–Kier alpha value is -4.40. The van der Waals surface area contributed by atoms with Crippen molar-refractivity contribution in [1.29, 1.82) is 0 Å². The number of carboxylic acids is 2. The normalized spacial score (nSPS) is 28.7. The van der Waals surface area contributed by atoms with Crippen molar-refractivity contribution < 1.29 is 19.8 Å². The monoisotopic (exact) mass is 1170 g/mol. The van der Waals surface area contributed by atoms with Crippen LogP contribution in [0.5, 0.6) is 0 Å². The van der Waals surface area contributed by atoms with Crippen LogP contribution in [0.3, 0.4) is 0 Å². The number of hydrogen-bond donors (Lipinski definition) is 12. The maximum atomic E-state index is 14.0. The Morgan fingerprint density at radius 3 is 0.940 bits per heavy atom. The van der Waals surface area contributed by atoms with Crippen molar-refractivity contribution in [3.63, 3.8) is 0 Å². The summed E-state index contributed by atoms with van der Waals surface area (Å²) in [5, 5.41) is 58.6. The topological polar surface area (TPSA) is 272 Å². The molecule has 0 radical (unpaired) electrons. The minimum Gasteiger partial charge on any atom is -0.481 e. The molecule has 6 rings (SSSR count). The Bertz CT molecular complexity index is 2220. The SMILES string of the molecule is CCC1C(Nc2nc(NCCC(CCCCCCCC(=O)O)(CCNc3nc(NC4CC(C)(C)NC(C)(C)C4CC)nc(NC4CC(C)(C)NC(C)(C)C4CC)n3)C(=O)O)nc(NC3CC(C)(C)NC(C)(C)C3CC)n2)CC(C)(C)NC1(C)C. The van der Waals surface area contributed by atoms with Crippen molar-refractivity contribution >= 4 is 47.6 Å². The van der Waals surface area contributed by atoms with Crippen LogP contribution in [0.1, 0.15) is 248 Å². The number of hydrogen-bond acceptors (Lipinski definition) is 18. The van der Waals surface area contributed by atoms with E-state index in [2.05, 4.69) is 192 Å². The summed E-state index contributed by atoms with van der Waals surface area (Å²) in [4.78, 5) is 55.8. The molecule has 84 heavy (non-hydrogen) atoms. The van der Waals surface area contributed by atoms with Crippen molar-refractivity contribution in [3.8, 4) is 0 Å². The average molecular weight is 1180 g/mol. The van der Waals surface area contributed by atoms with Crippen LogP contribution < -0.4 is 53.2 Å². The first-order chi connectivity index (χ1) is 38.9. The fraction of sp³-hybridized carbons (Fsp3) is 0.875. The van der Waals surface area contributed by atoms with E-state index in [1.807, 2.05) is 0 Å². The van der Waals surface area contributed by atoms with Gasteiger partial charge in [0.1, 0.15) is 0 Å². The van der Waals surface area contributed by atoms with Crippen molar-refractivity contribution in [2.24, 2.45) is 29.1 Å². The van der Waals surface area contributed by atoms with Crippen LogP contribution in [0.2, 0.25) is 0 Å². The minimum atomic E-state index is -1.16. The lowest BCUT2D eigenvalue weighted by Crippen LogP contribution is -2.66. The molecule has 2 aromatic rings. The van der Waals surface area contributed by atoms with Crippen LogP contribution in [0, 0.1) is 29.1 Å². The number of unbranched alkanes of at least 4 members (excludes halogenated alkanes) is 4. The zero-order valence-corrected chi connectivity index (χ0v) is 55.9. The van der Waals surface area contributed by atoms with E-state index in [1.54, 1.807) is 0 Å². The molecule has 0 spiro atoms. The molecule has 2 aromatic heterocycles. The smallest absolute Gasteiger partial charge is 0.309 e. The summed E-state index contributed by atoms with van der Waals surface area (Å²) in [7, 11) is 0. The highest BCUT2D eigenvalue weighted by Gasteiger charge is 2.49. The highest BCUT2D eigenvalue weighted by Crippen LogP contribution is 2.42. The average Bonchev–Trinajstić information content (AvgIpc) is 2.64. The van der Waals surface area contributed by atoms with Gasteiger partial charge in [0.25, 0.3) is 0 Å². The summed E-state index contributed by atoms with van der Waals surface area (Å²) < 4.78 is 0. The summed E-state index contributed by atoms with van der Waals surface area (Å²) in [5.41, 5.74) is -2.22. The highest BCUT2D eigenvalue weighted by atomic mass is 16.4. The summed E-state index contributed by atoms with van der Waals surface area (Å²) in [6, 6.07) is 0.326. The summed E-state index contributed by atoms with van der Waals surface area (Å²) in [6.45, 7) is 45.8. The van der Waals surface area contributed by atoms with Gasteiger partial charge < -0.3 is 63.4 Å². The fourth-order valence-corrected chi connectivity index (χ4v) is 17.3. The molecule has 4 saturated heterocycles. The Morgan fingerprint density at radius 2 is 0.679 bits per heavy atom. The molecule has 0 saturated carbocycles. The molecule has 0 aromatic carbocycles. The van der Waals surface area contributed by atoms with E-state index in [9.17, 15) is 19.8 Å². The second kappa shape index (κ2) is 26.9. The molecule has 0 bridgehead atoms. The van der Waals surface area contributed by atoms with E-state index in [1.165, 1.54) is 0 Å². The van der Waals surface area contributed by atoms with Gasteiger partial charge in [-0.2, -0.15) is 29.9 Å². The maximum absolute atomic E-state index is 14.0. The van der Waals surface area contributed by atoms with Gasteiger partial charge in [-0.1, -0.05) is 53.4 Å². The summed E-state index contributed by atoms with van der Waals surface area (Å²) in [6.07, 6.45) is 12.2. The standard InChI is InChI=1S/C64H118N16O4/c1-21-40-44(36-56(5,6)77-60(40,13)14)67-52-71-50(72-53(75-52)68-45-37-57(7,8)78-61(15,16)41(45)22-2)65-34-32-64(49(83)84,31-29-27-25-26-28-30-48(81)82)33-35-66-51-73-54(69-46-38-58(9,10)79-62(17,18)42(46)23-3)76-55(74-51)70-47-39-59(11,12)80-63(19,20)43(47)24-4/h40-47,77-80H,21-39H2,1-20H3,(H,81,82)(H,83,84)(H3,65,67,68,71,72,75)(H3,66,69,70,73,74,76). The Morgan fingerprint density at radius 1 is 0.417 bits per heavy atom. The molecule has 4 aliphatic heterocycles. The van der Waals surface area contributed by atoms with Gasteiger partial charge in [-0.3, -0.25) is 9.59 Å². The zero-order chi connectivity index (χ0) is 62.5. The number of nitrogens with zero attached hydrogens (tertiary/aromatic N) is 6. The Balaban J connectivity index is 1.31. The third-order valence-corrected chi connectivity index (χ3v) is 19.8. The van der Waals surface area contributed by atoms with Crippen LogP contribution in [-0.4, -0.2) is 134 Å². The molecule has 4 fully saturated rings. The summed E-state index contributed by atoms with van der Waals surface area (Å²) in [5.74, 6) is 2.21. The molecule has 0 amide bonds. The Labute approximate surface area is 506 Å². The van der Waals surface area contributed by atoms with Crippen molar-refractivity contribution in [1.82, 2.24) is 51.2 Å². The molecule has 8 unspecified atom stereocenters. The molecule has 20 nitrogen and oxygen atoms in total. The second-order valence-corrected chi connectivity index (χ2v) is 31.0. The lowest BCUT2D eigenvalue weighted by molar-refractivity contribution is -0.150. The molecule has 0 aliphatic carbocycles. The molecule has 20 heteroatoms. The van der Waals surface area contributed by atoms with Gasteiger partial charge in [-0.05, 0) is 212 Å². The minimum absolute atomic E-state index is 0.0816. The van der Waals surface area contributed by atoms with Gasteiger partial charge in [0.15, 0.2) is 0 Å². The van der Waals surface area contributed by atoms with Gasteiger partial charge in [0, 0.05) is 88.0 Å². The summed E-state index contributed by atoms with van der Waals surface area (Å²) >= 11 is 0. The molecule has 8 atom stereocenters. The second-order valence-electron chi connectivity index (χ2n) is 31.0. The van der Waals surface area contributed by atoms with Gasteiger partial charge >= 0.3 is 11.9 Å². The first-order valence-corrected chi connectivity index (χ1v) is 32.6. The van der Waals surface area contributed by atoms with Crippen LogP contribution in [0.4, 0.5) is 35.7 Å². The van der Waals surface area contributed by atoms with Crippen LogP contribution in [-0.2, 0) is 9.59 Å². The fourth-order valence-electron chi connectivity index (χ4n) is 17.3. The number of carbonyl (C=O) groups is 2. The molecular weight excluding hydrogens is 1060 g/mol. The number of piperidine rings is 4. The van der Waals surface area contributed by atoms with E-state index in [-0.39, 0.29) is 74.9 Å². The quantitative estimate of drug-likeness (QED) is 0.0338. The molecule has 478 valence electrons. The third kappa shape index (κ3) is 18.1. The van der Waals surface area contributed by atoms with Gasteiger partial charge in [-0.15, -0.1) is 0 Å². The number of nitrogens with one attached hydrogen (secondary N) is 10. The first-order valence-electron chi connectivity index (χ1n) is 32.6. The number of anilines is 6. The molecule has 4 aliphatic rings. The van der Waals surface area contributed by atoms with E-state index >= 15 is 0 Å². The van der Waals surface area contributed by atoms with Gasteiger partial charge in [0.2, 0.25) is 35.7 Å². The van der Waals surface area contributed by atoms with E-state index in [0.29, 0.717) is 105 Å². The van der Waals surface area contributed by atoms with E-state index in [0.717, 1.165) is 70.6 Å². The predicted octanol–water partition coefficient (Wildman–Crippen LogP) is 11.7. The third-order valence-electron chi connectivity index (χ3n) is 19.8. The zero-order valence-electron chi connectivity index (χ0n) is 55.9. The number of aromatic nitrogens is 6. The largest absolute Gasteiger partial charge is 0.481 e. The number of aliphatic carboxylic acids is 2. The lowest BCUT2D eigenvalue weighted by Gasteiger charge is -2.52. The van der Waals surface area contributed by atoms with E-state index < -0.39 is 17.4 Å². The predicted molar refractivity (Wildman–Crippen MR) is 344 cm³/mol. The van der Waals surface area contributed by atoms with E-state index in [4.69, 9.17) is 29.9 Å². The van der Waals surface area contributed by atoms with Crippen molar-refractivity contribution in [2.45, 2.75) is 316 Å².